The van der Waals surface area contributed by atoms with Crippen LogP contribution in [0.1, 0.15) is 0 Å². The van der Waals surface area contributed by atoms with Gasteiger partial charge in [0.05, 0.1) is 0 Å². The third-order valence-corrected chi connectivity index (χ3v) is 2.23. The molecule has 11 heavy (non-hydrogen) atoms. The SMILES string of the molecule is [3H][Si]([3H])([3H])c1cccc2ccccc12. The van der Waals surface area contributed by atoms with E-state index >= 15 is 0 Å². The smallest absolute Gasteiger partial charge is 0.0393 e. The Morgan fingerprint density at radius 3 is 2.73 bits per heavy atom. The fraction of sp³-hybridized carbons (Fsp3) is 0. The molecule has 0 saturated carbocycles. The standard InChI is InChI=1S/C10H10Si/c11-10-7-3-5-8-4-1-2-6-9(8)10/h1-7H,11H3/i11T3. The van der Waals surface area contributed by atoms with Gasteiger partial charge in [0.2, 0.25) is 0 Å². The van der Waals surface area contributed by atoms with Gasteiger partial charge in [-0.1, -0.05) is 47.7 Å². The van der Waals surface area contributed by atoms with E-state index in [1.54, 1.807) is 6.07 Å². The van der Waals surface area contributed by atoms with Crippen molar-refractivity contribution in [3.05, 3.63) is 42.5 Å². The summed E-state index contributed by atoms with van der Waals surface area (Å²) < 4.78 is 22.6. The average molecular weight is 164 g/mol. The molecule has 0 bridgehead atoms. The maximum Gasteiger partial charge on any atom is 0.0393 e. The van der Waals surface area contributed by atoms with Crippen LogP contribution in [-0.2, 0) is 0 Å². The molecule has 2 aromatic rings. The zero-order valence-corrected chi connectivity index (χ0v) is 7.04. The number of benzene rings is 2. The second-order valence-corrected chi connectivity index (χ2v) is 3.07. The van der Waals surface area contributed by atoms with Crippen LogP contribution >= 0.6 is 0 Å². The molecule has 0 saturated heterocycles. The first-order valence-corrected chi connectivity index (χ1v) is 4.07. The van der Waals surface area contributed by atoms with Crippen LogP contribution in [0.15, 0.2) is 42.5 Å². The highest BCUT2D eigenvalue weighted by molar-refractivity contribution is 6.38. The van der Waals surface area contributed by atoms with Gasteiger partial charge in [-0.3, -0.25) is 0 Å². The second-order valence-electron chi connectivity index (χ2n) is 2.53. The highest BCUT2D eigenvalue weighted by Gasteiger charge is 1.91. The van der Waals surface area contributed by atoms with Gasteiger partial charge in [0.1, 0.15) is 0 Å². The summed E-state index contributed by atoms with van der Waals surface area (Å²) >= 11 is 0. The van der Waals surface area contributed by atoms with Gasteiger partial charge in [0.15, 0.2) is 0 Å². The van der Waals surface area contributed by atoms with Gasteiger partial charge < -0.3 is 0 Å². The van der Waals surface area contributed by atoms with E-state index in [9.17, 15) is 0 Å². The lowest BCUT2D eigenvalue weighted by Gasteiger charge is -1.99. The first-order valence-electron chi connectivity index (χ1n) is 5.07. The minimum atomic E-state index is -3.45. The Kier molecular flexibility index (Phi) is 0.930. The van der Waals surface area contributed by atoms with Crippen LogP contribution in [0.5, 0.6) is 0 Å². The van der Waals surface area contributed by atoms with E-state index in [2.05, 4.69) is 0 Å². The van der Waals surface area contributed by atoms with Crippen molar-refractivity contribution in [2.24, 2.45) is 0 Å². The van der Waals surface area contributed by atoms with Crippen LogP contribution in [0.25, 0.3) is 10.8 Å². The summed E-state index contributed by atoms with van der Waals surface area (Å²) in [4.78, 5) is 0. The molecule has 54 valence electrons. The van der Waals surface area contributed by atoms with Gasteiger partial charge in [0.25, 0.3) is 0 Å². The summed E-state index contributed by atoms with van der Waals surface area (Å²) in [5, 5.41) is 2.45. The Morgan fingerprint density at radius 2 is 1.82 bits per heavy atom. The molecule has 0 aliphatic rings. The molecule has 0 fully saturated rings. The highest BCUT2D eigenvalue weighted by atomic mass is 28.1. The predicted octanol–water partition coefficient (Wildman–Crippen LogP) is 0.830. The normalized spacial score (nSPS) is 15.5. The van der Waals surface area contributed by atoms with E-state index in [1.165, 1.54) is 0 Å². The molecule has 0 spiro atoms. The second kappa shape index (κ2) is 2.51. The zero-order valence-electron chi connectivity index (χ0n) is 9.04. The molecule has 0 amide bonds. The van der Waals surface area contributed by atoms with Gasteiger partial charge in [-0.2, -0.15) is 0 Å². The topological polar surface area (TPSA) is 0 Å². The number of hydrogen-bond acceptors (Lipinski definition) is 0. The first kappa shape index (κ1) is 4.07. The molecule has 0 atom stereocenters. The van der Waals surface area contributed by atoms with Crippen LogP contribution in [0.4, 0.5) is 0 Å². The Morgan fingerprint density at radius 1 is 1.00 bits per heavy atom. The third-order valence-electron chi connectivity index (χ3n) is 1.79. The number of rotatable bonds is 1. The van der Waals surface area contributed by atoms with E-state index in [1.807, 2.05) is 36.4 Å². The molecule has 0 N–H and O–H groups in total. The average Bonchev–Trinajstić information content (AvgIpc) is 2.15. The van der Waals surface area contributed by atoms with E-state index in [-0.39, 0.29) is 0 Å². The zero-order chi connectivity index (χ0) is 10.2. The van der Waals surface area contributed by atoms with Crippen molar-refractivity contribution in [3.63, 3.8) is 0 Å². The molecule has 0 aliphatic carbocycles. The Balaban J connectivity index is 2.78. The monoisotopic (exact) mass is 164 g/mol. The molecule has 0 heterocycles. The molecule has 2 rings (SSSR count). The van der Waals surface area contributed by atoms with Crippen molar-refractivity contribution in [2.75, 3.05) is 0 Å². The van der Waals surface area contributed by atoms with Gasteiger partial charge in [-0.15, -0.1) is 0 Å². The quantitative estimate of drug-likeness (QED) is 0.548. The van der Waals surface area contributed by atoms with Crippen LogP contribution in [0.2, 0.25) is 0 Å². The largest absolute Gasteiger partial charge is 0.0634 e. The van der Waals surface area contributed by atoms with Gasteiger partial charge in [0, 0.05) is 13.7 Å². The van der Waals surface area contributed by atoms with Crippen molar-refractivity contribution in [2.45, 2.75) is 0 Å². The highest BCUT2D eigenvalue weighted by Crippen LogP contribution is 2.08. The van der Waals surface area contributed by atoms with E-state index in [0.29, 0.717) is 5.19 Å². The fourth-order valence-electron chi connectivity index (χ4n) is 1.23. The van der Waals surface area contributed by atoms with Gasteiger partial charge >= 0.3 is 0 Å². The summed E-state index contributed by atoms with van der Waals surface area (Å²) in [7, 11) is -3.45. The van der Waals surface area contributed by atoms with Crippen molar-refractivity contribution in [1.82, 2.24) is 0 Å². The van der Waals surface area contributed by atoms with Crippen molar-refractivity contribution >= 4 is 26.0 Å². The molecule has 0 nitrogen and oxygen atoms in total. The molecular weight excluding hydrogens is 148 g/mol. The Bertz CT molecular complexity index is 457. The lowest BCUT2D eigenvalue weighted by atomic mass is 10.1. The minimum Gasteiger partial charge on any atom is -0.0634 e. The van der Waals surface area contributed by atoms with Crippen LogP contribution in [0.3, 0.4) is 0 Å². The van der Waals surface area contributed by atoms with Crippen molar-refractivity contribution < 1.29 is 0 Å². The van der Waals surface area contributed by atoms with Crippen molar-refractivity contribution in [1.29, 1.82) is 3.70 Å². The van der Waals surface area contributed by atoms with E-state index < -0.39 is 10.0 Å². The number of fused-ring (bicyclic) bond motifs is 1. The van der Waals surface area contributed by atoms with Gasteiger partial charge in [-0.25, -0.2) is 0 Å². The molecule has 1 heteroatoms. The summed E-state index contributed by atoms with van der Waals surface area (Å²) in [5.74, 6) is 0. The summed E-state index contributed by atoms with van der Waals surface area (Å²) in [6.07, 6.45) is 0. The Labute approximate surface area is 73.0 Å². The molecule has 0 aromatic heterocycles. The van der Waals surface area contributed by atoms with E-state index in [0.717, 1.165) is 10.8 Å². The summed E-state index contributed by atoms with van der Waals surface area (Å²) in [6, 6.07) is 13.1. The summed E-state index contributed by atoms with van der Waals surface area (Å²) in [6.45, 7) is 0. The molecule has 2 aromatic carbocycles. The molecule has 0 unspecified atom stereocenters. The third kappa shape index (κ3) is 1.08. The lowest BCUT2D eigenvalue weighted by molar-refractivity contribution is 1.78. The summed E-state index contributed by atoms with van der Waals surface area (Å²) in [5.41, 5.74) is 0. The molecule has 0 aliphatic heterocycles. The number of hydrogen-bond donors (Lipinski definition) is 0. The van der Waals surface area contributed by atoms with Crippen LogP contribution in [-0.4, -0.2) is 13.7 Å². The maximum absolute atomic E-state index is 7.53. The van der Waals surface area contributed by atoms with Gasteiger partial charge in [-0.05, 0) is 10.8 Å². The van der Waals surface area contributed by atoms with Crippen LogP contribution in [0, 0.1) is 0 Å². The Hall–Kier alpha value is -1.08. The molecular formula is C10H10Si. The van der Waals surface area contributed by atoms with E-state index in [4.69, 9.17) is 3.70 Å². The minimum absolute atomic E-state index is 0.565. The lowest BCUT2D eigenvalue weighted by Crippen LogP contribution is -2.01. The first-order chi connectivity index (χ1) is 6.59. The maximum atomic E-state index is 7.53. The predicted molar refractivity (Wildman–Crippen MR) is 53.5 cm³/mol. The fourth-order valence-corrected chi connectivity index (χ4v) is 1.55. The van der Waals surface area contributed by atoms with Crippen molar-refractivity contribution in [3.8, 4) is 0 Å². The van der Waals surface area contributed by atoms with Crippen LogP contribution < -0.4 is 5.19 Å². The molecule has 0 radical (unpaired) electrons.